The van der Waals surface area contributed by atoms with E-state index in [1.165, 1.54) is 16.9 Å². The first-order valence-electron chi connectivity index (χ1n) is 8.71. The number of hydrogen-bond donors (Lipinski definition) is 1. The van der Waals surface area contributed by atoms with Crippen molar-refractivity contribution in [1.82, 2.24) is 15.2 Å². The third-order valence-corrected chi connectivity index (χ3v) is 4.77. The summed E-state index contributed by atoms with van der Waals surface area (Å²) in [5.74, 6) is 1.57. The Labute approximate surface area is 161 Å². The lowest BCUT2D eigenvalue weighted by atomic mass is 10.0. The van der Waals surface area contributed by atoms with E-state index in [1.807, 2.05) is 12.1 Å². The number of nitrogens with one attached hydrogen (secondary N) is 1. The largest absolute Gasteiger partial charge is 0.441 e. The molecule has 0 fully saturated rings. The maximum Gasteiger partial charge on any atom is 0.226 e. The second-order valence-corrected chi connectivity index (χ2v) is 7.44. The van der Waals surface area contributed by atoms with E-state index in [-0.39, 0.29) is 12.3 Å². The molecule has 0 radical (unpaired) electrons. The number of carbonyl (C=O) groups is 1. The number of amides is 1. The van der Waals surface area contributed by atoms with Crippen molar-refractivity contribution in [2.75, 3.05) is 12.4 Å². The van der Waals surface area contributed by atoms with Crippen molar-refractivity contribution in [2.24, 2.45) is 0 Å². The van der Waals surface area contributed by atoms with Gasteiger partial charge < -0.3 is 14.5 Å². The van der Waals surface area contributed by atoms with Crippen LogP contribution in [0, 0.1) is 0 Å². The van der Waals surface area contributed by atoms with E-state index in [2.05, 4.69) is 46.5 Å². The fourth-order valence-corrected chi connectivity index (χ4v) is 3.21. The van der Waals surface area contributed by atoms with Gasteiger partial charge in [-0.3, -0.25) is 4.79 Å². The molecule has 2 heterocycles. The number of methoxy groups -OCH3 is 1. The van der Waals surface area contributed by atoms with Gasteiger partial charge in [-0.1, -0.05) is 49.4 Å². The van der Waals surface area contributed by atoms with Crippen molar-refractivity contribution in [3.8, 4) is 11.3 Å². The second-order valence-electron chi connectivity index (χ2n) is 6.38. The van der Waals surface area contributed by atoms with Crippen molar-refractivity contribution in [3.63, 3.8) is 0 Å². The highest BCUT2D eigenvalue weighted by molar-refractivity contribution is 7.15. The predicted molar refractivity (Wildman–Crippen MR) is 104 cm³/mol. The van der Waals surface area contributed by atoms with Crippen LogP contribution in [0.5, 0.6) is 0 Å². The zero-order chi connectivity index (χ0) is 19.2. The van der Waals surface area contributed by atoms with E-state index in [1.54, 1.807) is 13.3 Å². The van der Waals surface area contributed by atoms with Gasteiger partial charge in [0.25, 0.3) is 0 Å². The van der Waals surface area contributed by atoms with Crippen molar-refractivity contribution < 1.29 is 13.9 Å². The molecule has 0 saturated heterocycles. The third-order valence-electron chi connectivity index (χ3n) is 3.96. The molecule has 3 rings (SSSR count). The van der Waals surface area contributed by atoms with Gasteiger partial charge in [0, 0.05) is 25.5 Å². The lowest BCUT2D eigenvalue weighted by molar-refractivity contribution is -0.116. The van der Waals surface area contributed by atoms with Crippen LogP contribution < -0.4 is 5.32 Å². The standard InChI is InChI=1S/C19H22N4O3S/c1-12(2)13-4-6-14(7-5-13)15-10-20-17(26-15)9-8-16(24)21-19-23-22-18(27-19)11-25-3/h4-7,10,12H,8-9,11H2,1-3H3,(H,21,23,24). The molecule has 3 aromatic rings. The lowest BCUT2D eigenvalue weighted by Gasteiger charge is -2.05. The summed E-state index contributed by atoms with van der Waals surface area (Å²) in [5.41, 5.74) is 2.25. The van der Waals surface area contributed by atoms with Crippen molar-refractivity contribution in [1.29, 1.82) is 0 Å². The first-order valence-corrected chi connectivity index (χ1v) is 9.53. The molecule has 0 spiro atoms. The summed E-state index contributed by atoms with van der Waals surface area (Å²) in [6.45, 7) is 4.70. The molecule has 1 amide bonds. The zero-order valence-electron chi connectivity index (χ0n) is 15.6. The van der Waals surface area contributed by atoms with Crippen LogP contribution in [0.3, 0.4) is 0 Å². The molecule has 8 heteroatoms. The second kappa shape index (κ2) is 8.88. The Balaban J connectivity index is 1.53. The van der Waals surface area contributed by atoms with Crippen LogP contribution >= 0.6 is 11.3 Å². The molecule has 2 aromatic heterocycles. The van der Waals surface area contributed by atoms with Gasteiger partial charge in [-0.15, -0.1) is 10.2 Å². The number of carbonyl (C=O) groups excluding carboxylic acids is 1. The Morgan fingerprint density at radius 1 is 1.26 bits per heavy atom. The summed E-state index contributed by atoms with van der Waals surface area (Å²) in [7, 11) is 1.59. The van der Waals surface area contributed by atoms with Crippen molar-refractivity contribution >= 4 is 22.4 Å². The van der Waals surface area contributed by atoms with Gasteiger partial charge in [0.05, 0.1) is 6.20 Å². The molecule has 0 saturated carbocycles. The number of hydrogen-bond acceptors (Lipinski definition) is 7. The van der Waals surface area contributed by atoms with Crippen LogP contribution in [-0.2, 0) is 22.6 Å². The number of aryl methyl sites for hydroxylation is 1. The Kier molecular flexibility index (Phi) is 6.31. The number of benzene rings is 1. The summed E-state index contributed by atoms with van der Waals surface area (Å²) >= 11 is 1.29. The molecule has 7 nitrogen and oxygen atoms in total. The van der Waals surface area contributed by atoms with Crippen LogP contribution in [-0.4, -0.2) is 28.2 Å². The monoisotopic (exact) mass is 386 g/mol. The molecule has 0 aliphatic heterocycles. The molecule has 142 valence electrons. The number of rotatable bonds is 8. The van der Waals surface area contributed by atoms with Crippen molar-refractivity contribution in [3.05, 3.63) is 46.9 Å². The number of aromatic nitrogens is 3. The third kappa shape index (κ3) is 5.21. The topological polar surface area (TPSA) is 90.1 Å². The van der Waals surface area contributed by atoms with Gasteiger partial charge in [0.1, 0.15) is 11.6 Å². The number of oxazole rings is 1. The number of nitrogens with zero attached hydrogens (tertiary/aromatic N) is 3. The van der Waals surface area contributed by atoms with Crippen LogP contribution in [0.4, 0.5) is 5.13 Å². The minimum atomic E-state index is -0.156. The van der Waals surface area contributed by atoms with Gasteiger partial charge in [0.2, 0.25) is 11.0 Å². The fraction of sp³-hybridized carbons (Fsp3) is 0.368. The van der Waals surface area contributed by atoms with Crippen LogP contribution in [0.25, 0.3) is 11.3 Å². The first-order chi connectivity index (χ1) is 13.0. The van der Waals surface area contributed by atoms with Crippen LogP contribution in [0.15, 0.2) is 34.9 Å². The van der Waals surface area contributed by atoms with Gasteiger partial charge in [-0.2, -0.15) is 0 Å². The molecule has 0 atom stereocenters. The van der Waals surface area contributed by atoms with Crippen LogP contribution in [0.1, 0.15) is 42.6 Å². The molecule has 0 bridgehead atoms. The van der Waals surface area contributed by atoms with E-state index in [9.17, 15) is 4.79 Å². The van der Waals surface area contributed by atoms with E-state index in [4.69, 9.17) is 9.15 Å². The summed E-state index contributed by atoms with van der Waals surface area (Å²) in [6, 6.07) is 8.24. The Morgan fingerprint density at radius 3 is 2.74 bits per heavy atom. The molecule has 1 aromatic carbocycles. The van der Waals surface area contributed by atoms with E-state index in [0.717, 1.165) is 5.56 Å². The summed E-state index contributed by atoms with van der Waals surface area (Å²) in [4.78, 5) is 16.3. The molecular formula is C19H22N4O3S. The average molecular weight is 386 g/mol. The lowest BCUT2D eigenvalue weighted by Crippen LogP contribution is -2.12. The smallest absolute Gasteiger partial charge is 0.226 e. The highest BCUT2D eigenvalue weighted by atomic mass is 32.1. The summed E-state index contributed by atoms with van der Waals surface area (Å²) < 4.78 is 10.8. The average Bonchev–Trinajstić information content (AvgIpc) is 3.30. The number of anilines is 1. The molecular weight excluding hydrogens is 364 g/mol. The quantitative estimate of drug-likeness (QED) is 0.628. The van der Waals surface area contributed by atoms with Crippen molar-refractivity contribution in [2.45, 2.75) is 39.2 Å². The van der Waals surface area contributed by atoms with Gasteiger partial charge >= 0.3 is 0 Å². The zero-order valence-corrected chi connectivity index (χ0v) is 16.4. The normalized spacial score (nSPS) is 11.1. The SMILES string of the molecule is COCc1nnc(NC(=O)CCc2ncc(-c3ccc(C(C)C)cc3)o2)s1. The summed E-state index contributed by atoms with van der Waals surface area (Å²) in [5, 5.41) is 11.7. The fourth-order valence-electron chi connectivity index (χ4n) is 2.48. The van der Waals surface area contributed by atoms with Gasteiger partial charge in [0.15, 0.2) is 11.7 Å². The molecule has 27 heavy (non-hydrogen) atoms. The maximum atomic E-state index is 12.1. The van der Waals surface area contributed by atoms with E-state index in [0.29, 0.717) is 40.7 Å². The Bertz CT molecular complexity index is 887. The predicted octanol–water partition coefficient (Wildman–Crippen LogP) is 4.03. The Morgan fingerprint density at radius 2 is 2.04 bits per heavy atom. The number of ether oxygens (including phenoxy) is 1. The highest BCUT2D eigenvalue weighted by Crippen LogP contribution is 2.24. The van der Waals surface area contributed by atoms with Gasteiger partial charge in [-0.05, 0) is 11.5 Å². The molecule has 0 aliphatic rings. The Hall–Kier alpha value is -2.58. The minimum Gasteiger partial charge on any atom is -0.441 e. The summed E-state index contributed by atoms with van der Waals surface area (Å²) in [6.07, 6.45) is 2.37. The van der Waals surface area contributed by atoms with E-state index >= 15 is 0 Å². The van der Waals surface area contributed by atoms with Crippen LogP contribution in [0.2, 0.25) is 0 Å². The van der Waals surface area contributed by atoms with Gasteiger partial charge in [-0.25, -0.2) is 4.98 Å². The van der Waals surface area contributed by atoms with E-state index < -0.39 is 0 Å². The first kappa shape index (κ1) is 19.2. The maximum absolute atomic E-state index is 12.1. The minimum absolute atomic E-state index is 0.156. The molecule has 0 aliphatic carbocycles. The highest BCUT2D eigenvalue weighted by Gasteiger charge is 2.12. The molecule has 1 N–H and O–H groups in total. The molecule has 0 unspecified atom stereocenters.